The lowest BCUT2D eigenvalue weighted by atomic mass is 10.1. The summed E-state index contributed by atoms with van der Waals surface area (Å²) in [5.41, 5.74) is 0. The molecule has 0 unspecified atom stereocenters. The van der Waals surface area contributed by atoms with Crippen LogP contribution in [0.25, 0.3) is 0 Å². The van der Waals surface area contributed by atoms with Crippen molar-refractivity contribution in [3.63, 3.8) is 0 Å². The zero-order chi connectivity index (χ0) is 12.8. The average Bonchev–Trinajstić information content (AvgIpc) is 2.25. The van der Waals surface area contributed by atoms with E-state index in [1.54, 1.807) is 0 Å². The molecule has 0 saturated heterocycles. The van der Waals surface area contributed by atoms with Crippen LogP contribution in [0.4, 0.5) is 17.6 Å². The van der Waals surface area contributed by atoms with Crippen LogP contribution in [-0.2, 0) is 0 Å². The summed E-state index contributed by atoms with van der Waals surface area (Å²) in [6, 6.07) is 0. The standard InChI is InChI=1S/C11H22F4N/c1-4-16(5-2,6-3)9-7-8-11(14,15)10(12)13/h10H,4-9H2,1-3H3/q+1. The third kappa shape index (κ3) is 4.28. The Hall–Kier alpha value is -0.320. The molecule has 0 fully saturated rings. The summed E-state index contributed by atoms with van der Waals surface area (Å²) in [5.74, 6) is -3.83. The molecule has 16 heavy (non-hydrogen) atoms. The molecule has 0 aliphatic rings. The molecule has 0 radical (unpaired) electrons. The van der Waals surface area contributed by atoms with Gasteiger partial charge in [-0.1, -0.05) is 0 Å². The maximum absolute atomic E-state index is 12.7. The van der Waals surface area contributed by atoms with Crippen molar-refractivity contribution in [2.75, 3.05) is 26.2 Å². The Kier molecular flexibility index (Phi) is 6.30. The lowest BCUT2D eigenvalue weighted by Crippen LogP contribution is -2.48. The van der Waals surface area contributed by atoms with Gasteiger partial charge in [0.2, 0.25) is 0 Å². The van der Waals surface area contributed by atoms with Gasteiger partial charge in [-0.3, -0.25) is 0 Å². The predicted molar refractivity (Wildman–Crippen MR) is 56.9 cm³/mol. The van der Waals surface area contributed by atoms with E-state index in [0.717, 1.165) is 24.1 Å². The Labute approximate surface area is 95.0 Å². The Bertz CT molecular complexity index is 182. The molecule has 98 valence electrons. The Morgan fingerprint density at radius 2 is 1.44 bits per heavy atom. The number of rotatable bonds is 8. The Morgan fingerprint density at radius 3 is 1.75 bits per heavy atom. The van der Waals surface area contributed by atoms with Crippen LogP contribution < -0.4 is 0 Å². The SMILES string of the molecule is CC[N+](CC)(CC)CCCC(F)(F)C(F)F. The topological polar surface area (TPSA) is 0 Å². The second-order valence-corrected chi connectivity index (χ2v) is 4.18. The summed E-state index contributed by atoms with van der Waals surface area (Å²) in [4.78, 5) is 0. The van der Waals surface area contributed by atoms with Crippen LogP contribution in [-0.4, -0.2) is 43.0 Å². The third-order valence-electron chi connectivity index (χ3n) is 3.47. The van der Waals surface area contributed by atoms with E-state index >= 15 is 0 Å². The summed E-state index contributed by atoms with van der Waals surface area (Å²) < 4.78 is 49.9. The molecule has 1 nitrogen and oxygen atoms in total. The van der Waals surface area contributed by atoms with Crippen molar-refractivity contribution in [3.05, 3.63) is 0 Å². The number of hydrogen-bond donors (Lipinski definition) is 0. The van der Waals surface area contributed by atoms with Crippen LogP contribution >= 0.6 is 0 Å². The van der Waals surface area contributed by atoms with Crippen molar-refractivity contribution < 1.29 is 22.0 Å². The maximum atomic E-state index is 12.7. The number of halogens is 4. The molecule has 0 saturated carbocycles. The minimum atomic E-state index is -3.83. The number of hydrogen-bond acceptors (Lipinski definition) is 0. The van der Waals surface area contributed by atoms with E-state index in [1.807, 2.05) is 20.8 Å². The lowest BCUT2D eigenvalue weighted by Gasteiger charge is -2.36. The molecule has 0 aromatic heterocycles. The molecular formula is C11H22F4N+. The fraction of sp³-hybridized carbons (Fsp3) is 1.00. The molecule has 0 aromatic rings. The maximum Gasteiger partial charge on any atom is 0.307 e. The molecule has 0 aliphatic heterocycles. The van der Waals surface area contributed by atoms with E-state index in [1.165, 1.54) is 0 Å². The summed E-state index contributed by atoms with van der Waals surface area (Å²) >= 11 is 0. The van der Waals surface area contributed by atoms with Crippen LogP contribution in [0.1, 0.15) is 33.6 Å². The van der Waals surface area contributed by atoms with Crippen molar-refractivity contribution in [3.8, 4) is 0 Å². The molecule has 0 rings (SSSR count). The van der Waals surface area contributed by atoms with Crippen molar-refractivity contribution >= 4 is 0 Å². The zero-order valence-corrected chi connectivity index (χ0v) is 10.3. The van der Waals surface area contributed by atoms with Crippen LogP contribution in [0.15, 0.2) is 0 Å². The Morgan fingerprint density at radius 1 is 1.00 bits per heavy atom. The van der Waals surface area contributed by atoms with Gasteiger partial charge in [-0.2, -0.15) is 0 Å². The fourth-order valence-electron chi connectivity index (χ4n) is 1.90. The molecule has 0 bridgehead atoms. The van der Waals surface area contributed by atoms with Gasteiger partial charge < -0.3 is 4.48 Å². The van der Waals surface area contributed by atoms with E-state index < -0.39 is 18.8 Å². The van der Waals surface area contributed by atoms with Crippen LogP contribution in [0, 0.1) is 0 Å². The van der Waals surface area contributed by atoms with Crippen LogP contribution in [0.2, 0.25) is 0 Å². The van der Waals surface area contributed by atoms with Gasteiger partial charge in [-0.15, -0.1) is 0 Å². The molecule has 0 heterocycles. The molecule has 0 aliphatic carbocycles. The molecule has 0 aromatic carbocycles. The second-order valence-electron chi connectivity index (χ2n) is 4.18. The quantitative estimate of drug-likeness (QED) is 0.452. The monoisotopic (exact) mass is 244 g/mol. The van der Waals surface area contributed by atoms with E-state index in [0.29, 0.717) is 6.54 Å². The minimum absolute atomic E-state index is 0.146. The largest absolute Gasteiger partial charge is 0.324 e. The average molecular weight is 244 g/mol. The van der Waals surface area contributed by atoms with Crippen molar-refractivity contribution in [1.29, 1.82) is 0 Å². The van der Waals surface area contributed by atoms with Crippen molar-refractivity contribution in [2.24, 2.45) is 0 Å². The van der Waals surface area contributed by atoms with Gasteiger partial charge in [0.1, 0.15) is 0 Å². The molecule has 0 atom stereocenters. The highest BCUT2D eigenvalue weighted by molar-refractivity contribution is 4.68. The van der Waals surface area contributed by atoms with E-state index in [4.69, 9.17) is 0 Å². The first-order valence-corrected chi connectivity index (χ1v) is 5.84. The molecule has 0 spiro atoms. The highest BCUT2D eigenvalue weighted by atomic mass is 19.3. The van der Waals surface area contributed by atoms with Gasteiger partial charge in [0.05, 0.1) is 26.2 Å². The summed E-state index contributed by atoms with van der Waals surface area (Å²) in [6.45, 7) is 9.11. The van der Waals surface area contributed by atoms with Gasteiger partial charge in [0.25, 0.3) is 0 Å². The second kappa shape index (κ2) is 6.42. The number of nitrogens with zero attached hydrogens (tertiary/aromatic N) is 1. The fourth-order valence-corrected chi connectivity index (χ4v) is 1.90. The summed E-state index contributed by atoms with van der Waals surface area (Å²) in [7, 11) is 0. The van der Waals surface area contributed by atoms with Gasteiger partial charge in [-0.05, 0) is 20.8 Å². The number of alkyl halides is 4. The molecular weight excluding hydrogens is 222 g/mol. The highest BCUT2D eigenvalue weighted by Crippen LogP contribution is 2.28. The first-order chi connectivity index (χ1) is 7.33. The first kappa shape index (κ1) is 15.7. The van der Waals surface area contributed by atoms with E-state index in [-0.39, 0.29) is 6.42 Å². The molecule has 5 heteroatoms. The summed E-state index contributed by atoms with van der Waals surface area (Å²) in [6.07, 6.45) is -4.11. The van der Waals surface area contributed by atoms with Gasteiger partial charge in [0.15, 0.2) is 0 Å². The normalized spacial score (nSPS) is 13.5. The van der Waals surface area contributed by atoms with Crippen molar-refractivity contribution in [2.45, 2.75) is 46.0 Å². The van der Waals surface area contributed by atoms with E-state index in [2.05, 4.69) is 0 Å². The predicted octanol–water partition coefficient (Wildman–Crippen LogP) is 3.54. The molecule has 0 N–H and O–H groups in total. The third-order valence-corrected chi connectivity index (χ3v) is 3.47. The van der Waals surface area contributed by atoms with Gasteiger partial charge in [-0.25, -0.2) is 17.6 Å². The van der Waals surface area contributed by atoms with Crippen molar-refractivity contribution in [1.82, 2.24) is 0 Å². The van der Waals surface area contributed by atoms with Gasteiger partial charge in [0, 0.05) is 12.8 Å². The highest BCUT2D eigenvalue weighted by Gasteiger charge is 2.40. The molecule has 0 amide bonds. The van der Waals surface area contributed by atoms with Crippen LogP contribution in [0.5, 0.6) is 0 Å². The van der Waals surface area contributed by atoms with Gasteiger partial charge >= 0.3 is 12.3 Å². The lowest BCUT2D eigenvalue weighted by molar-refractivity contribution is -0.923. The summed E-state index contributed by atoms with van der Waals surface area (Å²) in [5, 5.41) is 0. The number of quaternary nitrogens is 1. The first-order valence-electron chi connectivity index (χ1n) is 5.84. The minimum Gasteiger partial charge on any atom is -0.324 e. The van der Waals surface area contributed by atoms with E-state index in [9.17, 15) is 17.6 Å². The Balaban J connectivity index is 4.14. The smallest absolute Gasteiger partial charge is 0.307 e. The van der Waals surface area contributed by atoms with Crippen LogP contribution in [0.3, 0.4) is 0 Å². The zero-order valence-electron chi connectivity index (χ0n) is 10.3.